The number of fused-ring (bicyclic) bond motifs is 1. The summed E-state index contributed by atoms with van der Waals surface area (Å²) in [4.78, 5) is 12.3. The predicted octanol–water partition coefficient (Wildman–Crippen LogP) is 2.79. The summed E-state index contributed by atoms with van der Waals surface area (Å²) in [5.41, 5.74) is 0.743. The first-order valence-corrected chi connectivity index (χ1v) is 6.09. The first kappa shape index (κ1) is 11.4. The smallest absolute Gasteiger partial charge is 0.168 e. The summed E-state index contributed by atoms with van der Waals surface area (Å²) in [6.45, 7) is 1.15. The van der Waals surface area contributed by atoms with Gasteiger partial charge < -0.3 is 9.47 Å². The Morgan fingerprint density at radius 3 is 2.61 bits per heavy atom. The second-order valence-electron chi connectivity index (χ2n) is 4.33. The van der Waals surface area contributed by atoms with E-state index in [2.05, 4.69) is 0 Å². The van der Waals surface area contributed by atoms with Crippen molar-refractivity contribution in [3.63, 3.8) is 0 Å². The largest absolute Gasteiger partial charge is 0.350 e. The minimum atomic E-state index is -0.378. The van der Waals surface area contributed by atoms with Crippen LogP contribution in [0.1, 0.15) is 16.8 Å². The Morgan fingerprint density at radius 1 is 1.06 bits per heavy atom. The number of hydrogen-bond donors (Lipinski definition) is 0. The summed E-state index contributed by atoms with van der Waals surface area (Å²) in [5, 5.41) is 2.07. The molecule has 1 heterocycles. The minimum Gasteiger partial charge on any atom is -0.350 e. The molecule has 0 amide bonds. The highest BCUT2D eigenvalue weighted by Gasteiger charge is 2.21. The molecule has 2 aromatic carbocycles. The van der Waals surface area contributed by atoms with Gasteiger partial charge in [-0.05, 0) is 10.8 Å². The molecule has 0 N–H and O–H groups in total. The number of Topliss-reactive ketones (excluding diaryl/α,β-unsaturated/α-hetero) is 1. The summed E-state index contributed by atoms with van der Waals surface area (Å²) in [6, 6.07) is 13.7. The molecule has 0 aliphatic carbocycles. The van der Waals surface area contributed by atoms with Crippen LogP contribution in [0.5, 0.6) is 0 Å². The molecule has 0 atom stereocenters. The van der Waals surface area contributed by atoms with Crippen LogP contribution in [0.15, 0.2) is 42.5 Å². The zero-order valence-corrected chi connectivity index (χ0v) is 9.96. The third-order valence-corrected chi connectivity index (χ3v) is 3.13. The van der Waals surface area contributed by atoms with Crippen LogP contribution in [-0.2, 0) is 9.47 Å². The van der Waals surface area contributed by atoms with Crippen molar-refractivity contribution in [1.29, 1.82) is 0 Å². The van der Waals surface area contributed by atoms with E-state index in [1.54, 1.807) is 0 Å². The molecule has 0 spiro atoms. The molecule has 0 bridgehead atoms. The fourth-order valence-electron chi connectivity index (χ4n) is 2.25. The molecule has 1 fully saturated rings. The van der Waals surface area contributed by atoms with Crippen LogP contribution in [-0.4, -0.2) is 25.3 Å². The summed E-state index contributed by atoms with van der Waals surface area (Å²) in [6.07, 6.45) is -0.0925. The van der Waals surface area contributed by atoms with Gasteiger partial charge in [-0.15, -0.1) is 0 Å². The van der Waals surface area contributed by atoms with Crippen LogP contribution < -0.4 is 0 Å². The Bertz CT molecular complexity index is 565. The van der Waals surface area contributed by atoms with Crippen molar-refractivity contribution in [3.05, 3.63) is 48.0 Å². The molecule has 18 heavy (non-hydrogen) atoms. The fourth-order valence-corrected chi connectivity index (χ4v) is 2.25. The van der Waals surface area contributed by atoms with Crippen LogP contribution in [0.25, 0.3) is 10.8 Å². The van der Waals surface area contributed by atoms with Crippen LogP contribution in [0.2, 0.25) is 0 Å². The Balaban J connectivity index is 1.91. The van der Waals surface area contributed by atoms with Gasteiger partial charge in [-0.1, -0.05) is 42.5 Å². The van der Waals surface area contributed by atoms with Gasteiger partial charge in [0, 0.05) is 5.56 Å². The Hall–Kier alpha value is -1.71. The number of rotatable bonds is 3. The summed E-state index contributed by atoms with van der Waals surface area (Å²) < 4.78 is 10.6. The van der Waals surface area contributed by atoms with E-state index >= 15 is 0 Å². The van der Waals surface area contributed by atoms with E-state index in [4.69, 9.17) is 9.47 Å². The third kappa shape index (κ3) is 2.15. The van der Waals surface area contributed by atoms with Crippen molar-refractivity contribution in [3.8, 4) is 0 Å². The van der Waals surface area contributed by atoms with Gasteiger partial charge in [-0.3, -0.25) is 4.79 Å². The van der Waals surface area contributed by atoms with Crippen LogP contribution in [0, 0.1) is 0 Å². The third-order valence-electron chi connectivity index (χ3n) is 3.13. The van der Waals surface area contributed by atoms with Gasteiger partial charge in [0.25, 0.3) is 0 Å². The molecule has 0 aromatic heterocycles. The predicted molar refractivity (Wildman–Crippen MR) is 68.6 cm³/mol. The average Bonchev–Trinajstić information content (AvgIpc) is 2.91. The number of hydrogen-bond acceptors (Lipinski definition) is 3. The monoisotopic (exact) mass is 242 g/mol. The van der Waals surface area contributed by atoms with Crippen molar-refractivity contribution in [1.82, 2.24) is 0 Å². The van der Waals surface area contributed by atoms with E-state index in [-0.39, 0.29) is 18.5 Å². The highest BCUT2D eigenvalue weighted by molar-refractivity contribution is 6.08. The number of ether oxygens (including phenoxy) is 2. The molecule has 0 radical (unpaired) electrons. The van der Waals surface area contributed by atoms with Crippen molar-refractivity contribution in [2.24, 2.45) is 0 Å². The maximum Gasteiger partial charge on any atom is 0.168 e. The molecule has 0 saturated carbocycles. The maximum atomic E-state index is 12.3. The van der Waals surface area contributed by atoms with Crippen molar-refractivity contribution in [2.75, 3.05) is 13.2 Å². The van der Waals surface area contributed by atoms with Gasteiger partial charge in [0.15, 0.2) is 12.1 Å². The second kappa shape index (κ2) is 4.88. The van der Waals surface area contributed by atoms with Crippen LogP contribution >= 0.6 is 0 Å². The molecule has 3 nitrogen and oxygen atoms in total. The summed E-state index contributed by atoms with van der Waals surface area (Å²) in [5.74, 6) is 0.0682. The Labute approximate surface area is 105 Å². The maximum absolute atomic E-state index is 12.3. The van der Waals surface area contributed by atoms with Crippen molar-refractivity contribution < 1.29 is 14.3 Å². The normalized spacial score (nSPS) is 16.2. The van der Waals surface area contributed by atoms with E-state index in [0.717, 1.165) is 16.3 Å². The lowest BCUT2D eigenvalue weighted by Gasteiger charge is -2.09. The first-order valence-electron chi connectivity index (χ1n) is 6.09. The zero-order chi connectivity index (χ0) is 12.4. The molecular weight excluding hydrogens is 228 g/mol. The number of carbonyl (C=O) groups excluding carboxylic acids is 1. The molecular formula is C15H14O3. The van der Waals surface area contributed by atoms with Gasteiger partial charge in [0.2, 0.25) is 0 Å². The first-order chi connectivity index (χ1) is 8.84. The lowest BCUT2D eigenvalue weighted by Crippen LogP contribution is -2.14. The quantitative estimate of drug-likeness (QED) is 0.776. The van der Waals surface area contributed by atoms with E-state index < -0.39 is 0 Å². The van der Waals surface area contributed by atoms with Gasteiger partial charge in [0.1, 0.15) is 0 Å². The zero-order valence-electron chi connectivity index (χ0n) is 9.96. The van der Waals surface area contributed by atoms with Crippen LogP contribution in [0.3, 0.4) is 0 Å². The van der Waals surface area contributed by atoms with E-state index in [1.165, 1.54) is 0 Å². The Kier molecular flexibility index (Phi) is 3.09. The van der Waals surface area contributed by atoms with Gasteiger partial charge in [-0.25, -0.2) is 0 Å². The molecule has 0 unspecified atom stereocenters. The summed E-state index contributed by atoms with van der Waals surface area (Å²) in [7, 11) is 0. The fraction of sp³-hybridized carbons (Fsp3) is 0.267. The second-order valence-corrected chi connectivity index (χ2v) is 4.33. The SMILES string of the molecule is O=C(CC1OCCO1)c1cccc2ccccc12. The van der Waals surface area contributed by atoms with Gasteiger partial charge >= 0.3 is 0 Å². The molecule has 1 aliphatic rings. The molecule has 2 aromatic rings. The highest BCUT2D eigenvalue weighted by atomic mass is 16.7. The van der Waals surface area contributed by atoms with E-state index in [9.17, 15) is 4.79 Å². The van der Waals surface area contributed by atoms with Gasteiger partial charge in [0.05, 0.1) is 19.6 Å². The summed E-state index contributed by atoms with van der Waals surface area (Å²) >= 11 is 0. The Morgan fingerprint density at radius 2 is 1.78 bits per heavy atom. The van der Waals surface area contributed by atoms with Crippen molar-refractivity contribution in [2.45, 2.75) is 12.7 Å². The highest BCUT2D eigenvalue weighted by Crippen LogP contribution is 2.21. The van der Waals surface area contributed by atoms with E-state index in [0.29, 0.717) is 13.2 Å². The topological polar surface area (TPSA) is 35.5 Å². The van der Waals surface area contributed by atoms with E-state index in [1.807, 2.05) is 42.5 Å². The average molecular weight is 242 g/mol. The number of carbonyl (C=O) groups is 1. The molecule has 3 heteroatoms. The van der Waals surface area contributed by atoms with Crippen molar-refractivity contribution >= 4 is 16.6 Å². The number of ketones is 1. The minimum absolute atomic E-state index is 0.0682. The molecule has 1 saturated heterocycles. The number of benzene rings is 2. The molecule has 3 rings (SSSR count). The van der Waals surface area contributed by atoms with Gasteiger partial charge in [-0.2, -0.15) is 0 Å². The lowest BCUT2D eigenvalue weighted by atomic mass is 10.00. The molecule has 1 aliphatic heterocycles. The van der Waals surface area contributed by atoms with Crippen LogP contribution in [0.4, 0.5) is 0 Å². The standard InChI is InChI=1S/C15H14O3/c16-14(10-15-17-8-9-18-15)13-7-3-5-11-4-1-2-6-12(11)13/h1-7,15H,8-10H2. The lowest BCUT2D eigenvalue weighted by molar-refractivity contribution is -0.0407. The molecule has 92 valence electrons.